The minimum atomic E-state index is -0.561. The van der Waals surface area contributed by atoms with Crippen LogP contribution in [0.2, 0.25) is 0 Å². The van der Waals surface area contributed by atoms with Crippen molar-refractivity contribution in [3.05, 3.63) is 137 Å². The van der Waals surface area contributed by atoms with E-state index in [4.69, 9.17) is 4.74 Å². The number of nitrogens with zero attached hydrogens (tertiary/aromatic N) is 1. The third kappa shape index (κ3) is 9.14. The van der Waals surface area contributed by atoms with Gasteiger partial charge in [0.25, 0.3) is 0 Å². The molecule has 4 aromatic carbocycles. The van der Waals surface area contributed by atoms with Gasteiger partial charge in [0.15, 0.2) is 5.78 Å². The van der Waals surface area contributed by atoms with Crippen LogP contribution in [0.3, 0.4) is 0 Å². The largest absolute Gasteiger partial charge is 0.466 e. The van der Waals surface area contributed by atoms with Crippen LogP contribution in [0.15, 0.2) is 103 Å². The van der Waals surface area contributed by atoms with Gasteiger partial charge in [0.2, 0.25) is 5.91 Å². The van der Waals surface area contributed by atoms with Crippen molar-refractivity contribution in [2.75, 3.05) is 11.9 Å². The van der Waals surface area contributed by atoms with Gasteiger partial charge in [-0.2, -0.15) is 0 Å². The molecule has 0 radical (unpaired) electrons. The fourth-order valence-corrected chi connectivity index (χ4v) is 6.44. The molecule has 6 heteroatoms. The summed E-state index contributed by atoms with van der Waals surface area (Å²) in [6.45, 7) is 11.5. The molecule has 1 heterocycles. The summed E-state index contributed by atoms with van der Waals surface area (Å²) in [7, 11) is 0. The van der Waals surface area contributed by atoms with E-state index in [1.165, 1.54) is 11.1 Å². The van der Waals surface area contributed by atoms with E-state index in [1.54, 1.807) is 6.92 Å². The van der Waals surface area contributed by atoms with E-state index in [1.807, 2.05) is 83.6 Å². The van der Waals surface area contributed by atoms with E-state index in [0.29, 0.717) is 49.0 Å². The lowest BCUT2D eigenvalue weighted by Gasteiger charge is -2.19. The van der Waals surface area contributed by atoms with Crippen LogP contribution in [0.5, 0.6) is 0 Å². The van der Waals surface area contributed by atoms with Crippen LogP contribution in [-0.2, 0) is 33.7 Å². The fraction of sp³-hybridized carbons (Fsp3) is 0.326. The van der Waals surface area contributed by atoms with Crippen molar-refractivity contribution in [2.24, 2.45) is 11.8 Å². The van der Waals surface area contributed by atoms with Crippen molar-refractivity contribution in [1.29, 1.82) is 0 Å². The van der Waals surface area contributed by atoms with Gasteiger partial charge in [-0.15, -0.1) is 0 Å². The lowest BCUT2D eigenvalue weighted by Crippen LogP contribution is -2.22. The summed E-state index contributed by atoms with van der Waals surface area (Å²) >= 11 is 0. The van der Waals surface area contributed by atoms with E-state index < -0.39 is 5.92 Å². The zero-order valence-electron chi connectivity index (χ0n) is 29.4. The minimum Gasteiger partial charge on any atom is -0.466 e. The standard InChI is InChI=1S/C43H48N2O4/c1-6-49-40(46)12-9-25-45-28-38(37-10-7-8-11-39(37)45)42(47)35-21-19-34(20-22-35)41(33-17-13-31(14-18-33)26-29(2)3)43(48)44-36-23-15-32(16-24-36)27-30(4)5/h7-8,10-11,13-24,28-30,41H,6,9,12,25-27H2,1-5H3,(H,44,48). The lowest BCUT2D eigenvalue weighted by atomic mass is 9.88. The maximum atomic E-state index is 14.0. The first-order valence-electron chi connectivity index (χ1n) is 17.5. The molecule has 0 bridgehead atoms. The Balaban J connectivity index is 1.40. The van der Waals surface area contributed by atoms with E-state index in [2.05, 4.69) is 57.3 Å². The molecule has 1 aromatic heterocycles. The van der Waals surface area contributed by atoms with Crippen molar-refractivity contribution in [1.82, 2.24) is 4.57 Å². The molecule has 0 spiro atoms. The van der Waals surface area contributed by atoms with E-state index >= 15 is 0 Å². The predicted molar refractivity (Wildman–Crippen MR) is 198 cm³/mol. The summed E-state index contributed by atoms with van der Waals surface area (Å²) in [5, 5.41) is 4.01. The number of benzene rings is 4. The topological polar surface area (TPSA) is 77.4 Å². The number of fused-ring (bicyclic) bond motifs is 1. The highest BCUT2D eigenvalue weighted by atomic mass is 16.5. The molecule has 1 N–H and O–H groups in total. The molecular weight excluding hydrogens is 608 g/mol. The summed E-state index contributed by atoms with van der Waals surface area (Å²) < 4.78 is 7.11. The number of ketones is 1. The number of para-hydroxylation sites is 1. The number of ether oxygens (including phenoxy) is 1. The van der Waals surface area contributed by atoms with E-state index in [0.717, 1.165) is 40.6 Å². The molecule has 1 amide bonds. The maximum Gasteiger partial charge on any atom is 0.305 e. The molecule has 0 aliphatic heterocycles. The van der Waals surface area contributed by atoms with Gasteiger partial charge < -0.3 is 14.6 Å². The number of hydrogen-bond donors (Lipinski definition) is 1. The van der Waals surface area contributed by atoms with Gasteiger partial charge in [0.05, 0.1) is 12.5 Å². The molecule has 0 fully saturated rings. The van der Waals surface area contributed by atoms with Crippen LogP contribution in [0.25, 0.3) is 10.9 Å². The molecule has 1 unspecified atom stereocenters. The van der Waals surface area contributed by atoms with Gasteiger partial charge >= 0.3 is 5.97 Å². The molecule has 6 nitrogen and oxygen atoms in total. The fourth-order valence-electron chi connectivity index (χ4n) is 6.44. The molecule has 49 heavy (non-hydrogen) atoms. The quantitative estimate of drug-likeness (QED) is 0.0900. The van der Waals surface area contributed by atoms with Gasteiger partial charge in [-0.05, 0) is 78.5 Å². The SMILES string of the molecule is CCOC(=O)CCCn1cc(C(=O)c2ccc(C(C(=O)Nc3ccc(CC(C)C)cc3)c3ccc(CC(C)C)cc3)cc2)c2ccccc21. The number of esters is 1. The van der Waals surface area contributed by atoms with Crippen molar-refractivity contribution >= 4 is 34.3 Å². The molecule has 5 aromatic rings. The Hall–Kier alpha value is -4.97. The average molecular weight is 657 g/mol. The third-order valence-electron chi connectivity index (χ3n) is 8.71. The molecular formula is C43H48N2O4. The summed E-state index contributed by atoms with van der Waals surface area (Å²) in [6, 6.07) is 31.6. The van der Waals surface area contributed by atoms with Gasteiger partial charge in [-0.25, -0.2) is 0 Å². The Morgan fingerprint density at radius 1 is 0.735 bits per heavy atom. The molecule has 1 atom stereocenters. The molecule has 254 valence electrons. The second-order valence-electron chi connectivity index (χ2n) is 13.7. The lowest BCUT2D eigenvalue weighted by molar-refractivity contribution is -0.143. The van der Waals surface area contributed by atoms with Crippen LogP contribution >= 0.6 is 0 Å². The smallest absolute Gasteiger partial charge is 0.305 e. The van der Waals surface area contributed by atoms with Gasteiger partial charge in [-0.3, -0.25) is 14.4 Å². The first-order valence-corrected chi connectivity index (χ1v) is 17.5. The van der Waals surface area contributed by atoms with Gasteiger partial charge in [0, 0.05) is 46.9 Å². The van der Waals surface area contributed by atoms with E-state index in [-0.39, 0.29) is 17.7 Å². The van der Waals surface area contributed by atoms with Crippen molar-refractivity contribution < 1.29 is 19.1 Å². The average Bonchev–Trinajstić information content (AvgIpc) is 3.45. The Labute approximate surface area is 290 Å². The number of carbonyl (C=O) groups is 3. The second-order valence-corrected chi connectivity index (χ2v) is 13.7. The van der Waals surface area contributed by atoms with Crippen LogP contribution < -0.4 is 5.32 Å². The summed E-state index contributed by atoms with van der Waals surface area (Å²) in [4.78, 5) is 39.8. The number of rotatable bonds is 15. The Morgan fingerprint density at radius 2 is 1.31 bits per heavy atom. The van der Waals surface area contributed by atoms with Crippen LogP contribution in [0, 0.1) is 11.8 Å². The van der Waals surface area contributed by atoms with Crippen LogP contribution in [0.4, 0.5) is 5.69 Å². The molecule has 0 aliphatic carbocycles. The van der Waals surface area contributed by atoms with Crippen molar-refractivity contribution in [2.45, 2.75) is 72.8 Å². The van der Waals surface area contributed by atoms with Gasteiger partial charge in [-0.1, -0.05) is 107 Å². The summed E-state index contributed by atoms with van der Waals surface area (Å²) in [5.74, 6) is 0.0972. The number of nitrogens with one attached hydrogen (secondary N) is 1. The highest BCUT2D eigenvalue weighted by Gasteiger charge is 2.24. The number of anilines is 1. The summed E-state index contributed by atoms with van der Waals surface area (Å²) in [5.41, 5.74) is 7.03. The number of carbonyl (C=O) groups excluding carboxylic acids is 3. The first-order chi connectivity index (χ1) is 23.6. The Morgan fingerprint density at radius 3 is 1.90 bits per heavy atom. The number of hydrogen-bond acceptors (Lipinski definition) is 4. The number of aryl methyl sites for hydroxylation is 1. The monoisotopic (exact) mass is 656 g/mol. The molecule has 5 rings (SSSR count). The van der Waals surface area contributed by atoms with Crippen LogP contribution in [-0.4, -0.2) is 28.8 Å². The zero-order valence-corrected chi connectivity index (χ0v) is 29.4. The van der Waals surface area contributed by atoms with Gasteiger partial charge in [0.1, 0.15) is 0 Å². The normalized spacial score (nSPS) is 12.0. The first kappa shape index (κ1) is 35.3. The number of amides is 1. The zero-order chi connectivity index (χ0) is 34.9. The minimum absolute atomic E-state index is 0.0904. The number of aromatic nitrogens is 1. The second kappa shape index (κ2) is 16.4. The molecule has 0 saturated carbocycles. The maximum absolute atomic E-state index is 14.0. The Kier molecular flexibility index (Phi) is 11.8. The molecule has 0 aliphatic rings. The Bertz CT molecular complexity index is 1870. The van der Waals surface area contributed by atoms with Crippen molar-refractivity contribution in [3.8, 4) is 0 Å². The highest BCUT2D eigenvalue weighted by Crippen LogP contribution is 2.30. The van der Waals surface area contributed by atoms with Crippen LogP contribution in [0.1, 0.15) is 91.6 Å². The summed E-state index contributed by atoms with van der Waals surface area (Å²) in [6.07, 6.45) is 4.78. The molecule has 0 saturated heterocycles. The van der Waals surface area contributed by atoms with E-state index in [9.17, 15) is 14.4 Å². The predicted octanol–water partition coefficient (Wildman–Crippen LogP) is 9.38. The highest BCUT2D eigenvalue weighted by molar-refractivity contribution is 6.16. The van der Waals surface area contributed by atoms with Crippen molar-refractivity contribution in [3.63, 3.8) is 0 Å². The third-order valence-corrected chi connectivity index (χ3v) is 8.71.